The summed E-state index contributed by atoms with van der Waals surface area (Å²) in [6.45, 7) is 3.38. The van der Waals surface area contributed by atoms with E-state index in [1.165, 1.54) is 17.4 Å². The third kappa shape index (κ3) is 3.83. The van der Waals surface area contributed by atoms with E-state index in [0.717, 1.165) is 27.3 Å². The van der Waals surface area contributed by atoms with Crippen LogP contribution in [0.25, 0.3) is 25.9 Å². The number of anilines is 1. The maximum Gasteiger partial charge on any atom is 0.342 e. The Labute approximate surface area is 230 Å². The average Bonchev–Trinajstić information content (AvgIpc) is 3.57. The van der Waals surface area contributed by atoms with Crippen LogP contribution < -0.4 is 19.8 Å². The van der Waals surface area contributed by atoms with E-state index in [2.05, 4.69) is 4.90 Å². The van der Waals surface area contributed by atoms with Crippen LogP contribution in [0, 0.1) is 10.1 Å². The monoisotopic (exact) mass is 558 g/mol. The van der Waals surface area contributed by atoms with Crippen LogP contribution in [-0.4, -0.2) is 58.3 Å². The van der Waals surface area contributed by atoms with Crippen molar-refractivity contribution in [2.75, 3.05) is 37.9 Å². The van der Waals surface area contributed by atoms with E-state index < -0.39 is 16.3 Å². The number of thiazole rings is 1. The van der Waals surface area contributed by atoms with Crippen molar-refractivity contribution in [2.24, 2.45) is 0 Å². The number of fused-ring (bicyclic) bond motifs is 6. The van der Waals surface area contributed by atoms with Gasteiger partial charge in [-0.15, -0.1) is 11.3 Å². The van der Waals surface area contributed by atoms with E-state index in [1.807, 2.05) is 47.4 Å². The van der Waals surface area contributed by atoms with Gasteiger partial charge in [-0.3, -0.25) is 24.2 Å². The Bertz CT molecular complexity index is 1920. The first-order valence-corrected chi connectivity index (χ1v) is 13.5. The second-order valence-electron chi connectivity index (χ2n) is 9.79. The first-order chi connectivity index (χ1) is 19.4. The van der Waals surface area contributed by atoms with Gasteiger partial charge in [-0.1, -0.05) is 18.2 Å². The van der Waals surface area contributed by atoms with E-state index in [4.69, 9.17) is 9.47 Å². The smallest absolute Gasteiger partial charge is 0.342 e. The molecule has 1 N–H and O–H groups in total. The topological polar surface area (TPSA) is 127 Å². The summed E-state index contributed by atoms with van der Waals surface area (Å²) in [4.78, 5) is 41.7. The highest BCUT2D eigenvalue weighted by molar-refractivity contribution is 7.24. The molecule has 0 radical (unpaired) electrons. The summed E-state index contributed by atoms with van der Waals surface area (Å²) in [6, 6.07) is 16.2. The zero-order chi connectivity index (χ0) is 27.5. The van der Waals surface area contributed by atoms with E-state index in [-0.39, 0.29) is 23.4 Å². The number of carboxylic acid groups (broad SMARTS) is 1. The van der Waals surface area contributed by atoms with Crippen molar-refractivity contribution >= 4 is 54.6 Å². The van der Waals surface area contributed by atoms with Gasteiger partial charge in [0.15, 0.2) is 11.5 Å². The van der Waals surface area contributed by atoms with Gasteiger partial charge in [0.2, 0.25) is 12.2 Å². The standard InChI is InChI=1S/C28H22N4O7S/c33-26-17-12-21(32(36)37)20(13-19(17)31-18-3-1-2-4-24(18)40-27(31)25(26)28(34)35)30-9-7-29(8-10-30)14-16-5-6-22-23(11-16)39-15-38-22/h1-6,11-13H,7-10,14-15H2,(H,34,35). The van der Waals surface area contributed by atoms with Crippen LogP contribution >= 0.6 is 11.3 Å². The number of nitro groups is 1. The number of aromatic nitrogens is 1. The van der Waals surface area contributed by atoms with Crippen LogP contribution in [0.5, 0.6) is 11.5 Å². The Morgan fingerprint density at radius 3 is 2.55 bits per heavy atom. The van der Waals surface area contributed by atoms with E-state index in [9.17, 15) is 24.8 Å². The number of para-hydroxylation sites is 1. The number of carboxylic acids is 1. The number of hydrogen-bond acceptors (Lipinski definition) is 9. The van der Waals surface area contributed by atoms with Crippen molar-refractivity contribution in [3.05, 3.63) is 86.1 Å². The molecule has 0 aliphatic carbocycles. The summed E-state index contributed by atoms with van der Waals surface area (Å²) in [7, 11) is 0. The van der Waals surface area contributed by atoms with Crippen LogP contribution in [-0.2, 0) is 6.54 Å². The molecule has 40 heavy (non-hydrogen) atoms. The van der Waals surface area contributed by atoms with Gasteiger partial charge < -0.3 is 19.5 Å². The van der Waals surface area contributed by atoms with Crippen molar-refractivity contribution in [3.63, 3.8) is 0 Å². The maximum atomic E-state index is 13.4. The Morgan fingerprint density at radius 1 is 1.00 bits per heavy atom. The van der Waals surface area contributed by atoms with Crippen molar-refractivity contribution in [3.8, 4) is 11.5 Å². The average molecular weight is 559 g/mol. The molecule has 3 aromatic carbocycles. The molecule has 2 aliphatic rings. The first kappa shape index (κ1) is 24.4. The third-order valence-corrected chi connectivity index (χ3v) is 8.65. The van der Waals surface area contributed by atoms with Gasteiger partial charge in [-0.2, -0.15) is 0 Å². The van der Waals surface area contributed by atoms with Gasteiger partial charge in [-0.05, 0) is 35.9 Å². The van der Waals surface area contributed by atoms with E-state index in [1.54, 1.807) is 10.5 Å². The minimum atomic E-state index is -1.36. The summed E-state index contributed by atoms with van der Waals surface area (Å²) >= 11 is 1.22. The third-order valence-electron chi connectivity index (χ3n) is 7.50. The molecule has 7 rings (SSSR count). The van der Waals surface area contributed by atoms with Crippen molar-refractivity contribution in [1.29, 1.82) is 0 Å². The molecule has 0 saturated carbocycles. The molecule has 12 heteroatoms. The molecule has 0 atom stereocenters. The molecule has 5 aromatic rings. The number of aromatic carboxylic acids is 1. The molecule has 0 unspecified atom stereocenters. The number of piperazine rings is 1. The lowest BCUT2D eigenvalue weighted by molar-refractivity contribution is -0.384. The summed E-state index contributed by atoms with van der Waals surface area (Å²) in [5.41, 5.74) is 1.37. The fourth-order valence-electron chi connectivity index (χ4n) is 5.59. The van der Waals surface area contributed by atoms with E-state index >= 15 is 0 Å². The fourth-order valence-corrected chi connectivity index (χ4v) is 6.78. The first-order valence-electron chi connectivity index (χ1n) is 12.7. The highest BCUT2D eigenvalue weighted by Gasteiger charge is 2.29. The largest absolute Gasteiger partial charge is 0.477 e. The molecular formula is C28H22N4O7S. The lowest BCUT2D eigenvalue weighted by Gasteiger charge is -2.36. The Hall–Kier alpha value is -4.68. The number of nitrogens with zero attached hydrogens (tertiary/aromatic N) is 4. The SMILES string of the molecule is O=C(O)c1c(=O)c2cc([N+](=O)[O-])c(N3CCN(Cc4ccc5c(c4)OCO5)CC3)cc2n2c1sc1ccccc12. The van der Waals surface area contributed by atoms with Gasteiger partial charge in [0, 0.05) is 38.8 Å². The summed E-state index contributed by atoms with van der Waals surface area (Å²) in [6.07, 6.45) is 0. The lowest BCUT2D eigenvalue weighted by atomic mass is 10.1. The highest BCUT2D eigenvalue weighted by Crippen LogP contribution is 2.37. The number of ether oxygens (including phenoxy) is 2. The molecule has 0 amide bonds. The summed E-state index contributed by atoms with van der Waals surface area (Å²) in [5.74, 6) is 0.108. The number of hydrogen-bond donors (Lipinski definition) is 1. The zero-order valence-corrected chi connectivity index (χ0v) is 21.8. The number of pyridine rings is 1. The molecule has 0 spiro atoms. The Kier molecular flexibility index (Phi) is 5.61. The molecule has 2 aromatic heterocycles. The molecule has 0 bridgehead atoms. The molecule has 11 nitrogen and oxygen atoms in total. The van der Waals surface area contributed by atoms with Crippen molar-refractivity contribution in [1.82, 2.24) is 9.30 Å². The van der Waals surface area contributed by atoms with E-state index in [0.29, 0.717) is 48.8 Å². The van der Waals surface area contributed by atoms with Crippen LogP contribution in [0.3, 0.4) is 0 Å². The Balaban J connectivity index is 1.28. The second kappa shape index (κ2) is 9.21. The Morgan fingerprint density at radius 2 is 1.77 bits per heavy atom. The molecule has 1 fully saturated rings. The fraction of sp³-hybridized carbons (Fsp3) is 0.214. The second-order valence-corrected chi connectivity index (χ2v) is 10.8. The van der Waals surface area contributed by atoms with Gasteiger partial charge in [0.25, 0.3) is 5.69 Å². The van der Waals surface area contributed by atoms with Crippen molar-refractivity contribution < 1.29 is 24.3 Å². The molecule has 202 valence electrons. The predicted molar refractivity (Wildman–Crippen MR) is 150 cm³/mol. The molecule has 4 heterocycles. The minimum absolute atomic E-state index is 0.00958. The molecular weight excluding hydrogens is 536 g/mol. The molecule has 2 aliphatic heterocycles. The minimum Gasteiger partial charge on any atom is -0.477 e. The van der Waals surface area contributed by atoms with Crippen LogP contribution in [0.4, 0.5) is 11.4 Å². The maximum absolute atomic E-state index is 13.4. The highest BCUT2D eigenvalue weighted by atomic mass is 32.1. The quantitative estimate of drug-likeness (QED) is 0.248. The van der Waals surface area contributed by atoms with Gasteiger partial charge in [-0.25, -0.2) is 4.79 Å². The zero-order valence-electron chi connectivity index (χ0n) is 21.0. The summed E-state index contributed by atoms with van der Waals surface area (Å²) < 4.78 is 13.4. The van der Waals surface area contributed by atoms with Gasteiger partial charge >= 0.3 is 5.97 Å². The van der Waals surface area contributed by atoms with Gasteiger partial charge in [0.1, 0.15) is 16.1 Å². The predicted octanol–water partition coefficient (Wildman–Crippen LogP) is 4.32. The number of rotatable bonds is 5. The van der Waals surface area contributed by atoms with Crippen LogP contribution in [0.1, 0.15) is 15.9 Å². The summed E-state index contributed by atoms with van der Waals surface area (Å²) in [5, 5.41) is 22.1. The van der Waals surface area contributed by atoms with Crippen LogP contribution in [0.2, 0.25) is 0 Å². The molecule has 1 saturated heterocycles. The van der Waals surface area contributed by atoms with Crippen molar-refractivity contribution in [2.45, 2.75) is 6.54 Å². The number of nitro benzene ring substituents is 1. The lowest BCUT2D eigenvalue weighted by Crippen LogP contribution is -2.46. The van der Waals surface area contributed by atoms with Gasteiger partial charge in [0.05, 0.1) is 26.0 Å². The normalized spacial score (nSPS) is 15.3. The number of carbonyl (C=O) groups is 1. The van der Waals surface area contributed by atoms with Crippen LogP contribution in [0.15, 0.2) is 59.4 Å². The number of benzene rings is 3.